The Bertz CT molecular complexity index is 1020. The molecule has 0 saturated carbocycles. The molecule has 2 aromatic heterocycles. The zero-order valence-corrected chi connectivity index (χ0v) is 14.4. The first-order valence-electron chi connectivity index (χ1n) is 8.25. The first kappa shape index (κ1) is 16.0. The first-order chi connectivity index (χ1) is 12.5. The van der Waals surface area contributed by atoms with E-state index in [-0.39, 0.29) is 28.6 Å². The van der Waals surface area contributed by atoms with Gasteiger partial charge >= 0.3 is 0 Å². The van der Waals surface area contributed by atoms with Crippen molar-refractivity contribution in [2.24, 2.45) is 5.92 Å². The molecular formula is C17H13ClF3N5. The van der Waals surface area contributed by atoms with Gasteiger partial charge < -0.3 is 0 Å². The van der Waals surface area contributed by atoms with Crippen molar-refractivity contribution in [3.8, 4) is 11.1 Å². The molecule has 26 heavy (non-hydrogen) atoms. The quantitative estimate of drug-likeness (QED) is 0.504. The smallest absolute Gasteiger partial charge is 0.253 e. The van der Waals surface area contributed by atoms with E-state index in [1.54, 1.807) is 0 Å². The van der Waals surface area contributed by atoms with Crippen LogP contribution < -0.4 is 0 Å². The number of nitrogens with zero attached hydrogens (tertiary/aromatic N) is 5. The summed E-state index contributed by atoms with van der Waals surface area (Å²) >= 11 is 6.30. The van der Waals surface area contributed by atoms with Gasteiger partial charge in [-0.25, -0.2) is 13.2 Å². The van der Waals surface area contributed by atoms with Gasteiger partial charge in [0.05, 0.1) is 17.3 Å². The van der Waals surface area contributed by atoms with E-state index < -0.39 is 23.0 Å². The van der Waals surface area contributed by atoms with Crippen molar-refractivity contribution >= 4 is 17.4 Å². The summed E-state index contributed by atoms with van der Waals surface area (Å²) in [7, 11) is 0. The molecule has 9 heteroatoms. The van der Waals surface area contributed by atoms with Crippen molar-refractivity contribution in [3.05, 3.63) is 46.8 Å². The molecule has 5 rings (SSSR count). The highest BCUT2D eigenvalue weighted by Gasteiger charge is 2.55. The van der Waals surface area contributed by atoms with Crippen LogP contribution in [0.1, 0.15) is 25.1 Å². The molecule has 2 aliphatic rings. The van der Waals surface area contributed by atoms with Crippen molar-refractivity contribution in [2.45, 2.75) is 25.4 Å². The number of piperidine rings is 1. The molecule has 2 aliphatic heterocycles. The number of hydrogen-bond donors (Lipinski definition) is 0. The van der Waals surface area contributed by atoms with E-state index in [1.807, 2.05) is 0 Å². The van der Waals surface area contributed by atoms with Crippen LogP contribution in [-0.4, -0.2) is 37.1 Å². The molecule has 3 aromatic rings. The van der Waals surface area contributed by atoms with Gasteiger partial charge in [0, 0.05) is 30.3 Å². The summed E-state index contributed by atoms with van der Waals surface area (Å²) < 4.78 is 43.8. The van der Waals surface area contributed by atoms with Gasteiger partial charge in [-0.3, -0.25) is 4.90 Å². The summed E-state index contributed by atoms with van der Waals surface area (Å²) in [6, 6.07) is 1.47. The second-order valence-electron chi connectivity index (χ2n) is 6.93. The van der Waals surface area contributed by atoms with Gasteiger partial charge in [0.15, 0.2) is 0 Å². The average molecular weight is 380 g/mol. The van der Waals surface area contributed by atoms with Gasteiger partial charge in [-0.05, 0) is 12.3 Å². The fraction of sp³-hybridized carbons (Fsp3) is 0.353. The summed E-state index contributed by atoms with van der Waals surface area (Å²) in [5.74, 6) is -2.22. The molecule has 2 saturated heterocycles. The highest BCUT2D eigenvalue weighted by Crippen LogP contribution is 2.54. The summed E-state index contributed by atoms with van der Waals surface area (Å²) in [5, 5.41) is 4.09. The maximum absolute atomic E-state index is 14.5. The minimum Gasteiger partial charge on any atom is -0.288 e. The Morgan fingerprint density at radius 1 is 1.15 bits per heavy atom. The van der Waals surface area contributed by atoms with Crippen LogP contribution in [0.15, 0.2) is 18.5 Å². The third-order valence-electron chi connectivity index (χ3n) is 5.18. The molecule has 0 radical (unpaired) electrons. The maximum atomic E-state index is 14.5. The zero-order valence-electron chi connectivity index (χ0n) is 13.6. The standard InChI is InChI=1S/C17H13ClF3N5/c1-7-2-11-14(25(11)5-7)15-13(12-9(20)3-8(19)4-10(12)21)16(18)24-17-22-6-23-26(15)17/h3-4,6-7,11,14H,2,5H2,1H3. The highest BCUT2D eigenvalue weighted by atomic mass is 35.5. The van der Waals surface area contributed by atoms with Crippen LogP contribution in [0, 0.1) is 23.4 Å². The van der Waals surface area contributed by atoms with Crippen molar-refractivity contribution in [2.75, 3.05) is 6.54 Å². The van der Waals surface area contributed by atoms with E-state index in [0.717, 1.165) is 13.0 Å². The molecule has 0 N–H and O–H groups in total. The Balaban J connectivity index is 1.79. The highest BCUT2D eigenvalue weighted by molar-refractivity contribution is 6.32. The van der Waals surface area contributed by atoms with Gasteiger partial charge in [-0.1, -0.05) is 18.5 Å². The molecule has 2 fully saturated rings. The summed E-state index contributed by atoms with van der Waals surface area (Å²) in [6.45, 7) is 3.05. The SMILES string of the molecule is CC1CC2C(c3c(-c4c(F)cc(F)cc4F)c(Cl)nc4ncnn34)N2C1. The number of fused-ring (bicyclic) bond motifs is 2. The number of benzene rings is 1. The van der Waals surface area contributed by atoms with E-state index in [4.69, 9.17) is 11.6 Å². The molecule has 5 nitrogen and oxygen atoms in total. The second kappa shape index (κ2) is 5.40. The largest absolute Gasteiger partial charge is 0.288 e. The average Bonchev–Trinajstić information content (AvgIpc) is 2.91. The van der Waals surface area contributed by atoms with Crippen LogP contribution >= 0.6 is 11.6 Å². The molecule has 4 atom stereocenters. The Morgan fingerprint density at radius 3 is 2.54 bits per heavy atom. The third kappa shape index (κ3) is 2.18. The van der Waals surface area contributed by atoms with E-state index in [2.05, 4.69) is 26.9 Å². The Labute approximate surface area is 151 Å². The molecule has 4 heterocycles. The van der Waals surface area contributed by atoms with Crippen molar-refractivity contribution in [1.82, 2.24) is 24.5 Å². The fourth-order valence-electron chi connectivity index (χ4n) is 4.15. The lowest BCUT2D eigenvalue weighted by molar-refractivity contribution is 0.461. The molecule has 0 aliphatic carbocycles. The maximum Gasteiger partial charge on any atom is 0.253 e. The van der Waals surface area contributed by atoms with E-state index >= 15 is 0 Å². The predicted octanol–water partition coefficient (Wildman–Crippen LogP) is 3.63. The summed E-state index contributed by atoms with van der Waals surface area (Å²) in [4.78, 5) is 10.4. The summed E-state index contributed by atoms with van der Waals surface area (Å²) in [6.07, 6.45) is 2.30. The lowest BCUT2D eigenvalue weighted by Gasteiger charge is -2.16. The Kier molecular flexibility index (Phi) is 3.33. The van der Waals surface area contributed by atoms with Crippen molar-refractivity contribution in [3.63, 3.8) is 0 Å². The molecule has 1 aromatic carbocycles. The second-order valence-corrected chi connectivity index (χ2v) is 7.29. The monoisotopic (exact) mass is 379 g/mol. The Hall–Kier alpha value is -2.19. The van der Waals surface area contributed by atoms with E-state index in [9.17, 15) is 13.2 Å². The number of rotatable bonds is 2. The normalized spacial score (nSPS) is 27.1. The van der Waals surface area contributed by atoms with Gasteiger partial charge in [-0.2, -0.15) is 19.6 Å². The van der Waals surface area contributed by atoms with Crippen LogP contribution in [0.3, 0.4) is 0 Å². The van der Waals surface area contributed by atoms with Gasteiger partial charge in [0.1, 0.15) is 28.9 Å². The molecule has 0 spiro atoms. The predicted molar refractivity (Wildman–Crippen MR) is 88.1 cm³/mol. The first-order valence-corrected chi connectivity index (χ1v) is 8.63. The Morgan fingerprint density at radius 2 is 1.88 bits per heavy atom. The van der Waals surface area contributed by atoms with Gasteiger partial charge in [-0.15, -0.1) is 0 Å². The molecule has 0 amide bonds. The van der Waals surface area contributed by atoms with Crippen molar-refractivity contribution in [1.29, 1.82) is 0 Å². The van der Waals surface area contributed by atoms with Gasteiger partial charge in [0.2, 0.25) is 0 Å². The van der Waals surface area contributed by atoms with E-state index in [1.165, 1.54) is 10.8 Å². The number of aromatic nitrogens is 4. The summed E-state index contributed by atoms with van der Waals surface area (Å²) in [5.41, 5.74) is 0.251. The molecular weight excluding hydrogens is 367 g/mol. The van der Waals surface area contributed by atoms with Crippen LogP contribution in [0.25, 0.3) is 16.9 Å². The zero-order chi connectivity index (χ0) is 18.2. The molecule has 134 valence electrons. The lowest BCUT2D eigenvalue weighted by Crippen LogP contribution is -2.12. The fourth-order valence-corrected chi connectivity index (χ4v) is 4.42. The minimum absolute atomic E-state index is 0.0743. The van der Waals surface area contributed by atoms with Crippen molar-refractivity contribution < 1.29 is 13.2 Å². The van der Waals surface area contributed by atoms with Crippen LogP contribution in [0.5, 0.6) is 0 Å². The van der Waals surface area contributed by atoms with Crippen LogP contribution in [0.4, 0.5) is 13.2 Å². The lowest BCUT2D eigenvalue weighted by atomic mass is 9.98. The van der Waals surface area contributed by atoms with Crippen LogP contribution in [-0.2, 0) is 0 Å². The molecule has 0 bridgehead atoms. The number of halogens is 4. The molecule has 4 unspecified atom stereocenters. The third-order valence-corrected chi connectivity index (χ3v) is 5.45. The van der Waals surface area contributed by atoms with E-state index in [0.29, 0.717) is 23.7 Å². The number of hydrogen-bond acceptors (Lipinski definition) is 4. The van der Waals surface area contributed by atoms with Gasteiger partial charge in [0.25, 0.3) is 5.78 Å². The topological polar surface area (TPSA) is 46.1 Å². The van der Waals surface area contributed by atoms with Crippen LogP contribution in [0.2, 0.25) is 5.15 Å². The minimum atomic E-state index is -1.03.